The molecule has 0 aliphatic rings. The van der Waals surface area contributed by atoms with Crippen LogP contribution in [0.5, 0.6) is 0 Å². The zero-order valence-electron chi connectivity index (χ0n) is 11.9. The molecule has 6 heteroatoms. The topological polar surface area (TPSA) is 42.0 Å². The molecule has 0 aromatic carbocycles. The van der Waals surface area contributed by atoms with Crippen LogP contribution in [-0.2, 0) is 11.0 Å². The van der Waals surface area contributed by atoms with E-state index in [4.69, 9.17) is 23.2 Å². The highest BCUT2D eigenvalue weighted by Gasteiger charge is 2.25. The zero-order valence-corrected chi connectivity index (χ0v) is 14.2. The number of aromatic nitrogens is 1. The molecule has 1 aromatic heterocycles. The summed E-state index contributed by atoms with van der Waals surface area (Å²) in [4.78, 5) is 4.21. The Morgan fingerprint density at radius 3 is 2.42 bits per heavy atom. The van der Waals surface area contributed by atoms with Crippen LogP contribution in [0.3, 0.4) is 0 Å². The fourth-order valence-corrected chi connectivity index (χ4v) is 3.26. The van der Waals surface area contributed by atoms with Crippen molar-refractivity contribution in [2.24, 2.45) is 0 Å². The van der Waals surface area contributed by atoms with Crippen LogP contribution >= 0.6 is 23.2 Å². The Balaban J connectivity index is 3.08. The quantitative estimate of drug-likeness (QED) is 0.844. The van der Waals surface area contributed by atoms with Crippen molar-refractivity contribution in [1.82, 2.24) is 9.71 Å². The molecule has 0 amide bonds. The van der Waals surface area contributed by atoms with Gasteiger partial charge in [-0.2, -0.15) is 0 Å². The van der Waals surface area contributed by atoms with Crippen LogP contribution in [0.25, 0.3) is 0 Å². The van der Waals surface area contributed by atoms with Crippen LogP contribution in [0, 0.1) is 6.92 Å². The maximum atomic E-state index is 12.2. The number of halogens is 2. The molecule has 0 saturated carbocycles. The monoisotopic (exact) mass is 322 g/mol. The zero-order chi connectivity index (χ0) is 14.8. The highest BCUT2D eigenvalue weighted by atomic mass is 35.5. The van der Waals surface area contributed by atoms with Crippen molar-refractivity contribution in [1.29, 1.82) is 0 Å². The molecule has 3 nitrogen and oxygen atoms in total. The number of hydrogen-bond donors (Lipinski definition) is 1. The Hall–Kier alpha value is -0.160. The summed E-state index contributed by atoms with van der Waals surface area (Å²) in [5.41, 5.74) is 1.49. The molecular formula is C13H20Cl2N2OS. The minimum Gasteiger partial charge on any atom is -0.242 e. The summed E-state index contributed by atoms with van der Waals surface area (Å²) >= 11 is 12.4. The molecule has 2 unspecified atom stereocenters. The molecule has 0 spiro atoms. The number of nitrogens with zero attached hydrogens (tertiary/aromatic N) is 1. The molecule has 19 heavy (non-hydrogen) atoms. The normalized spacial score (nSPS) is 15.3. The lowest BCUT2D eigenvalue weighted by atomic mass is 10.1. The van der Waals surface area contributed by atoms with E-state index in [2.05, 4.69) is 9.71 Å². The molecule has 2 atom stereocenters. The van der Waals surface area contributed by atoms with Gasteiger partial charge in [-0.1, -0.05) is 30.1 Å². The molecular weight excluding hydrogens is 303 g/mol. The lowest BCUT2D eigenvalue weighted by molar-refractivity contribution is 0.588. The third kappa shape index (κ3) is 4.42. The van der Waals surface area contributed by atoms with Gasteiger partial charge in [0.25, 0.3) is 0 Å². The van der Waals surface area contributed by atoms with Crippen molar-refractivity contribution in [3.8, 4) is 0 Å². The van der Waals surface area contributed by atoms with Gasteiger partial charge in [-0.3, -0.25) is 0 Å². The number of hydrogen-bond acceptors (Lipinski definition) is 2. The lowest BCUT2D eigenvalue weighted by Gasteiger charge is -2.24. The second kappa shape index (κ2) is 6.53. The molecule has 0 aliphatic carbocycles. The van der Waals surface area contributed by atoms with E-state index in [1.807, 2.05) is 34.6 Å². The average molecular weight is 323 g/mol. The first-order valence-electron chi connectivity index (χ1n) is 6.17. The van der Waals surface area contributed by atoms with E-state index >= 15 is 0 Å². The van der Waals surface area contributed by atoms with Crippen molar-refractivity contribution in [2.45, 2.75) is 51.8 Å². The maximum Gasteiger partial charge on any atom is 0.135 e. The van der Waals surface area contributed by atoms with Crippen LogP contribution in [0.4, 0.5) is 0 Å². The second-order valence-electron chi connectivity index (χ2n) is 5.41. The SMILES string of the molecule is CCC(NS(=O)C(C)(C)C)c1c(Cl)cc(C)nc1Cl. The summed E-state index contributed by atoms with van der Waals surface area (Å²) in [6, 6.07) is 1.60. The van der Waals surface area contributed by atoms with Gasteiger partial charge >= 0.3 is 0 Å². The summed E-state index contributed by atoms with van der Waals surface area (Å²) in [5, 5.41) is 0.929. The molecule has 0 saturated heterocycles. The van der Waals surface area contributed by atoms with Gasteiger partial charge in [0.1, 0.15) is 5.15 Å². The molecule has 1 aromatic rings. The molecule has 0 fully saturated rings. The third-order valence-electron chi connectivity index (χ3n) is 2.65. The first-order valence-corrected chi connectivity index (χ1v) is 8.08. The van der Waals surface area contributed by atoms with E-state index in [1.165, 1.54) is 0 Å². The molecule has 0 radical (unpaired) electrons. The Kier molecular flexibility index (Phi) is 5.80. The minimum atomic E-state index is -1.18. The fourth-order valence-electron chi connectivity index (χ4n) is 1.57. The van der Waals surface area contributed by atoms with Crippen molar-refractivity contribution in [3.05, 3.63) is 27.5 Å². The molecule has 0 aliphatic heterocycles. The average Bonchev–Trinajstić information content (AvgIpc) is 2.24. The van der Waals surface area contributed by atoms with Crippen LogP contribution < -0.4 is 4.72 Å². The second-order valence-corrected chi connectivity index (χ2v) is 8.17. The van der Waals surface area contributed by atoms with Gasteiger partial charge in [-0.05, 0) is 40.2 Å². The lowest BCUT2D eigenvalue weighted by Crippen LogP contribution is -2.35. The van der Waals surface area contributed by atoms with Crippen molar-refractivity contribution >= 4 is 34.2 Å². The molecule has 0 bridgehead atoms. The standard InChI is InChI=1S/C13H20Cl2N2OS/c1-6-10(17-19(18)13(3,4)5)11-9(14)7-8(2)16-12(11)15/h7,10,17H,6H2,1-5H3. The van der Waals surface area contributed by atoms with Gasteiger partial charge in [0, 0.05) is 17.3 Å². The van der Waals surface area contributed by atoms with E-state index in [-0.39, 0.29) is 10.8 Å². The van der Waals surface area contributed by atoms with Crippen molar-refractivity contribution in [2.75, 3.05) is 0 Å². The van der Waals surface area contributed by atoms with E-state index in [0.29, 0.717) is 15.7 Å². The van der Waals surface area contributed by atoms with Crippen molar-refractivity contribution in [3.63, 3.8) is 0 Å². The Morgan fingerprint density at radius 1 is 1.42 bits per heavy atom. The highest BCUT2D eigenvalue weighted by molar-refractivity contribution is 7.84. The third-order valence-corrected chi connectivity index (χ3v) is 4.86. The van der Waals surface area contributed by atoms with Crippen LogP contribution in [-0.4, -0.2) is 13.9 Å². The Bertz CT molecular complexity index is 463. The van der Waals surface area contributed by atoms with Gasteiger partial charge in [0.05, 0.1) is 20.8 Å². The number of rotatable bonds is 4. The summed E-state index contributed by atoms with van der Waals surface area (Å²) in [6.07, 6.45) is 0.728. The minimum absolute atomic E-state index is 0.173. The summed E-state index contributed by atoms with van der Waals surface area (Å²) in [6.45, 7) is 9.57. The largest absolute Gasteiger partial charge is 0.242 e. The van der Waals surface area contributed by atoms with Gasteiger partial charge in [-0.15, -0.1) is 0 Å². The molecule has 108 valence electrons. The van der Waals surface area contributed by atoms with E-state index in [1.54, 1.807) is 6.07 Å². The van der Waals surface area contributed by atoms with Crippen LogP contribution in [0.15, 0.2) is 6.07 Å². The van der Waals surface area contributed by atoms with Gasteiger partial charge in [-0.25, -0.2) is 13.9 Å². The van der Waals surface area contributed by atoms with Crippen molar-refractivity contribution < 1.29 is 4.21 Å². The van der Waals surface area contributed by atoms with E-state index in [9.17, 15) is 4.21 Å². The fraction of sp³-hybridized carbons (Fsp3) is 0.615. The maximum absolute atomic E-state index is 12.2. The Morgan fingerprint density at radius 2 is 2.00 bits per heavy atom. The van der Waals surface area contributed by atoms with Gasteiger partial charge < -0.3 is 0 Å². The number of pyridine rings is 1. The number of aryl methyl sites for hydroxylation is 1. The summed E-state index contributed by atoms with van der Waals surface area (Å²) < 4.78 is 14.9. The van der Waals surface area contributed by atoms with Gasteiger partial charge in [0.15, 0.2) is 0 Å². The Labute approximate surface area is 127 Å². The van der Waals surface area contributed by atoms with E-state index in [0.717, 1.165) is 12.1 Å². The predicted molar refractivity (Wildman–Crippen MR) is 83.1 cm³/mol. The smallest absolute Gasteiger partial charge is 0.135 e. The highest BCUT2D eigenvalue weighted by Crippen LogP contribution is 2.32. The summed E-state index contributed by atoms with van der Waals surface area (Å²) in [5.74, 6) is 0. The molecule has 1 N–H and O–H groups in total. The van der Waals surface area contributed by atoms with Crippen LogP contribution in [0.1, 0.15) is 51.4 Å². The van der Waals surface area contributed by atoms with Crippen LogP contribution in [0.2, 0.25) is 10.2 Å². The first-order chi connectivity index (χ1) is 8.66. The summed E-state index contributed by atoms with van der Waals surface area (Å²) in [7, 11) is -1.18. The van der Waals surface area contributed by atoms with Gasteiger partial charge in [0.2, 0.25) is 0 Å². The molecule has 1 heterocycles. The molecule has 1 rings (SSSR count). The predicted octanol–water partition coefficient (Wildman–Crippen LogP) is 4.20. The first kappa shape index (κ1) is 16.9. The number of nitrogens with one attached hydrogen (secondary N) is 1. The van der Waals surface area contributed by atoms with E-state index < -0.39 is 11.0 Å².